The molecule has 10 aromatic rings. The fourth-order valence-electron chi connectivity index (χ4n) is 7.27. The molecule has 0 unspecified atom stereocenters. The number of furan rings is 2. The molecule has 3 nitrogen and oxygen atoms in total. The first-order valence-corrected chi connectivity index (χ1v) is 15.9. The van der Waals surface area contributed by atoms with Gasteiger partial charge >= 0.3 is 0 Å². The highest BCUT2D eigenvalue weighted by molar-refractivity contribution is 6.17. The van der Waals surface area contributed by atoms with E-state index in [-0.39, 0.29) is 0 Å². The molecule has 0 aliphatic carbocycles. The molecule has 0 amide bonds. The fraction of sp³-hybridized carbons (Fsp3) is 0. The van der Waals surface area contributed by atoms with Crippen molar-refractivity contribution < 1.29 is 8.83 Å². The number of rotatable bonds is 4. The van der Waals surface area contributed by atoms with Gasteiger partial charge in [0.1, 0.15) is 22.3 Å². The van der Waals surface area contributed by atoms with Crippen LogP contribution in [0.3, 0.4) is 0 Å². The smallest absolute Gasteiger partial charge is 0.161 e. The van der Waals surface area contributed by atoms with E-state index in [9.17, 15) is 0 Å². The molecule has 0 fully saturated rings. The summed E-state index contributed by atoms with van der Waals surface area (Å²) >= 11 is 0. The maximum atomic E-state index is 6.51. The summed E-state index contributed by atoms with van der Waals surface area (Å²) in [5, 5.41) is 4.49. The lowest BCUT2D eigenvalue weighted by Gasteiger charge is -2.08. The minimum atomic E-state index is 0.888. The zero-order valence-corrected chi connectivity index (χ0v) is 25.4. The van der Waals surface area contributed by atoms with Gasteiger partial charge in [-0.2, -0.15) is 0 Å². The van der Waals surface area contributed by atoms with Crippen molar-refractivity contribution in [1.82, 2.24) is 4.57 Å². The standard InChI is InChI=1S/C44H27NO2/c1-3-11-29(12-4-1)34-17-9-18-36-41-33(16-10-20-40(41)47-43(34)36)30-23-21-28(22-24-30)31-25-26-39-37(27-31)42-44(46-39)35-15-7-8-19-38(35)45(42)32-13-5-2-6-14-32/h1-27H. The van der Waals surface area contributed by atoms with Crippen molar-refractivity contribution in [1.29, 1.82) is 0 Å². The third-order valence-corrected chi connectivity index (χ3v) is 9.43. The fourth-order valence-corrected chi connectivity index (χ4v) is 7.27. The van der Waals surface area contributed by atoms with Crippen molar-refractivity contribution in [2.24, 2.45) is 0 Å². The van der Waals surface area contributed by atoms with Crippen molar-refractivity contribution in [3.05, 3.63) is 164 Å². The second-order valence-electron chi connectivity index (χ2n) is 12.1. The van der Waals surface area contributed by atoms with Gasteiger partial charge in [-0.3, -0.25) is 0 Å². The first kappa shape index (κ1) is 26.0. The van der Waals surface area contributed by atoms with E-state index >= 15 is 0 Å². The predicted molar refractivity (Wildman–Crippen MR) is 194 cm³/mol. The molecule has 3 heterocycles. The van der Waals surface area contributed by atoms with Crippen LogP contribution in [0.15, 0.2) is 173 Å². The number of hydrogen-bond donors (Lipinski definition) is 0. The highest BCUT2D eigenvalue weighted by atomic mass is 16.3. The molecule has 3 heteroatoms. The van der Waals surface area contributed by atoms with Crippen molar-refractivity contribution >= 4 is 54.9 Å². The molecule has 0 atom stereocenters. The molecule has 47 heavy (non-hydrogen) atoms. The molecule has 0 N–H and O–H groups in total. The van der Waals surface area contributed by atoms with Gasteiger partial charge in [0.05, 0.1) is 5.52 Å². The lowest BCUT2D eigenvalue weighted by Crippen LogP contribution is -1.92. The molecule has 7 aromatic carbocycles. The Labute approximate surface area is 270 Å². The third-order valence-electron chi connectivity index (χ3n) is 9.43. The predicted octanol–water partition coefficient (Wildman–Crippen LogP) is 12.4. The SMILES string of the molecule is c1ccc(-c2cccc3c2oc2cccc(-c4ccc(-c5ccc6oc7c8ccccc8n(-c8ccccc8)c7c6c5)cc4)c23)cc1. The molecule has 0 aliphatic rings. The molecule has 0 radical (unpaired) electrons. The first-order valence-electron chi connectivity index (χ1n) is 15.9. The maximum absolute atomic E-state index is 6.51. The van der Waals surface area contributed by atoms with Crippen molar-refractivity contribution in [2.45, 2.75) is 0 Å². The Morgan fingerprint density at radius 1 is 0.383 bits per heavy atom. The van der Waals surface area contributed by atoms with Crippen LogP contribution >= 0.6 is 0 Å². The number of benzene rings is 7. The summed E-state index contributed by atoms with van der Waals surface area (Å²) in [5.74, 6) is 0. The van der Waals surface area contributed by atoms with Gasteiger partial charge in [-0.05, 0) is 70.3 Å². The molecule has 3 aromatic heterocycles. The Balaban J connectivity index is 1.10. The summed E-state index contributed by atoms with van der Waals surface area (Å²) in [4.78, 5) is 0. The van der Waals surface area contributed by atoms with Gasteiger partial charge < -0.3 is 13.4 Å². The lowest BCUT2D eigenvalue weighted by molar-refractivity contribution is 0.670. The third kappa shape index (κ3) is 3.93. The van der Waals surface area contributed by atoms with E-state index in [1.54, 1.807) is 0 Å². The zero-order valence-electron chi connectivity index (χ0n) is 25.4. The quantitative estimate of drug-likeness (QED) is 0.201. The van der Waals surface area contributed by atoms with Crippen LogP contribution in [-0.4, -0.2) is 4.57 Å². The summed E-state index contributed by atoms with van der Waals surface area (Å²) in [6.45, 7) is 0. The Morgan fingerprint density at radius 3 is 1.87 bits per heavy atom. The number of para-hydroxylation sites is 3. The van der Waals surface area contributed by atoms with E-state index in [2.05, 4.69) is 162 Å². The van der Waals surface area contributed by atoms with E-state index < -0.39 is 0 Å². The molecule has 0 saturated carbocycles. The van der Waals surface area contributed by atoms with Gasteiger partial charge in [-0.25, -0.2) is 0 Å². The number of fused-ring (bicyclic) bond motifs is 8. The Hall–Kier alpha value is -6.32. The molecule has 0 spiro atoms. The summed E-state index contributed by atoms with van der Waals surface area (Å²) in [6, 6.07) is 57.6. The Bertz CT molecular complexity index is 2760. The molecule has 10 rings (SSSR count). The van der Waals surface area contributed by atoms with E-state index in [0.29, 0.717) is 0 Å². The minimum Gasteiger partial charge on any atom is -0.455 e. The highest BCUT2D eigenvalue weighted by Gasteiger charge is 2.20. The van der Waals surface area contributed by atoms with Crippen LogP contribution in [0.2, 0.25) is 0 Å². The van der Waals surface area contributed by atoms with E-state index in [1.807, 2.05) is 6.07 Å². The van der Waals surface area contributed by atoms with Crippen LogP contribution in [0.4, 0.5) is 0 Å². The second kappa shape index (κ2) is 10.1. The van der Waals surface area contributed by atoms with Crippen molar-refractivity contribution in [3.8, 4) is 39.1 Å². The van der Waals surface area contributed by atoms with Gasteiger partial charge in [0.15, 0.2) is 5.58 Å². The largest absolute Gasteiger partial charge is 0.455 e. The van der Waals surface area contributed by atoms with Gasteiger partial charge in [0.2, 0.25) is 0 Å². The molecule has 0 bridgehead atoms. The maximum Gasteiger partial charge on any atom is 0.161 e. The molecular formula is C44H27NO2. The molecular weight excluding hydrogens is 574 g/mol. The van der Waals surface area contributed by atoms with Crippen LogP contribution in [-0.2, 0) is 0 Å². The van der Waals surface area contributed by atoms with Gasteiger partial charge in [-0.15, -0.1) is 0 Å². The summed E-state index contributed by atoms with van der Waals surface area (Å²) in [7, 11) is 0. The van der Waals surface area contributed by atoms with Gasteiger partial charge in [-0.1, -0.05) is 121 Å². The Kier molecular flexibility index (Phi) is 5.57. The summed E-state index contributed by atoms with van der Waals surface area (Å²) in [6.07, 6.45) is 0. The normalized spacial score (nSPS) is 11.8. The molecule has 220 valence electrons. The average molecular weight is 602 g/mol. The van der Waals surface area contributed by atoms with Crippen LogP contribution in [0, 0.1) is 0 Å². The van der Waals surface area contributed by atoms with Crippen LogP contribution < -0.4 is 0 Å². The number of aromatic nitrogens is 1. The monoisotopic (exact) mass is 601 g/mol. The van der Waals surface area contributed by atoms with Crippen molar-refractivity contribution in [3.63, 3.8) is 0 Å². The van der Waals surface area contributed by atoms with Gasteiger partial charge in [0.25, 0.3) is 0 Å². The van der Waals surface area contributed by atoms with Gasteiger partial charge in [0, 0.05) is 32.8 Å². The second-order valence-corrected chi connectivity index (χ2v) is 12.1. The topological polar surface area (TPSA) is 31.2 Å². The zero-order chi connectivity index (χ0) is 30.9. The summed E-state index contributed by atoms with van der Waals surface area (Å²) in [5.41, 5.74) is 13.9. The van der Waals surface area contributed by atoms with Crippen LogP contribution in [0.5, 0.6) is 0 Å². The lowest BCUT2D eigenvalue weighted by atomic mass is 9.95. The molecule has 0 saturated heterocycles. The Morgan fingerprint density at radius 2 is 1.02 bits per heavy atom. The molecule has 0 aliphatic heterocycles. The van der Waals surface area contributed by atoms with Crippen LogP contribution in [0.25, 0.3) is 94.0 Å². The summed E-state index contributed by atoms with van der Waals surface area (Å²) < 4.78 is 15.3. The van der Waals surface area contributed by atoms with E-state index in [0.717, 1.165) is 94.0 Å². The highest BCUT2D eigenvalue weighted by Crippen LogP contribution is 2.42. The average Bonchev–Trinajstić information content (AvgIpc) is 3.81. The number of nitrogens with zero attached hydrogens (tertiary/aromatic N) is 1. The van der Waals surface area contributed by atoms with Crippen LogP contribution in [0.1, 0.15) is 0 Å². The first-order chi connectivity index (χ1) is 23.3. The minimum absolute atomic E-state index is 0.888. The number of hydrogen-bond acceptors (Lipinski definition) is 2. The van der Waals surface area contributed by atoms with E-state index in [4.69, 9.17) is 8.83 Å². The van der Waals surface area contributed by atoms with E-state index in [1.165, 1.54) is 0 Å². The van der Waals surface area contributed by atoms with Crippen molar-refractivity contribution in [2.75, 3.05) is 0 Å².